The van der Waals surface area contributed by atoms with Crippen LogP contribution in [0.3, 0.4) is 0 Å². The molecule has 1 aromatic heterocycles. The lowest BCUT2D eigenvalue weighted by Gasteiger charge is -2.10. The zero-order valence-corrected chi connectivity index (χ0v) is 13.0. The highest BCUT2D eigenvalue weighted by Crippen LogP contribution is 2.21. The van der Waals surface area contributed by atoms with E-state index in [0.29, 0.717) is 11.6 Å². The molecule has 2 rings (SSSR count). The molecule has 0 radical (unpaired) electrons. The smallest absolute Gasteiger partial charge is 0.354 e. The molecule has 0 saturated carbocycles. The molecule has 23 heavy (non-hydrogen) atoms. The number of nitrogens with one attached hydrogen (secondary N) is 1. The van der Waals surface area contributed by atoms with Crippen LogP contribution in [-0.4, -0.2) is 38.3 Å². The molecule has 1 heterocycles. The molecule has 0 aliphatic rings. The minimum absolute atomic E-state index is 0.0276. The van der Waals surface area contributed by atoms with Crippen molar-refractivity contribution in [2.75, 3.05) is 26.6 Å². The summed E-state index contributed by atoms with van der Waals surface area (Å²) < 4.78 is 14.2. The summed E-state index contributed by atoms with van der Waals surface area (Å²) in [5, 5.41) is 3.69. The molecule has 0 unspecified atom stereocenters. The molecule has 0 aliphatic heterocycles. The lowest BCUT2D eigenvalue weighted by atomic mass is 10.2. The maximum atomic E-state index is 11.7. The highest BCUT2D eigenvalue weighted by molar-refractivity contribution is 5.99. The normalized spacial score (nSPS) is 11.0. The van der Waals surface area contributed by atoms with E-state index in [4.69, 9.17) is 4.74 Å². The molecule has 2 aromatic rings. The van der Waals surface area contributed by atoms with Crippen LogP contribution in [-0.2, 0) is 19.1 Å². The van der Waals surface area contributed by atoms with E-state index < -0.39 is 11.9 Å². The molecule has 0 amide bonds. The molecule has 0 spiro atoms. The number of hydrogen-bond donors (Lipinski definition) is 1. The van der Waals surface area contributed by atoms with Crippen molar-refractivity contribution in [3.8, 4) is 5.88 Å². The number of esters is 2. The molecule has 0 aliphatic carbocycles. The van der Waals surface area contributed by atoms with Crippen LogP contribution >= 0.6 is 0 Å². The second-order valence-corrected chi connectivity index (χ2v) is 4.46. The van der Waals surface area contributed by atoms with E-state index in [1.807, 2.05) is 6.07 Å². The van der Waals surface area contributed by atoms with Gasteiger partial charge in [0.05, 0.1) is 32.9 Å². The number of methoxy groups -OCH3 is 3. The summed E-state index contributed by atoms with van der Waals surface area (Å²) in [6.45, 7) is 0. The molecule has 7 nitrogen and oxygen atoms in total. The van der Waals surface area contributed by atoms with Crippen LogP contribution < -0.4 is 10.1 Å². The lowest BCUT2D eigenvalue weighted by Crippen LogP contribution is -2.15. The predicted octanol–water partition coefficient (Wildman–Crippen LogP) is 1.89. The van der Waals surface area contributed by atoms with Crippen molar-refractivity contribution in [3.05, 3.63) is 42.1 Å². The Morgan fingerprint density at radius 3 is 2.52 bits per heavy atom. The van der Waals surface area contributed by atoms with Gasteiger partial charge in [-0.1, -0.05) is 0 Å². The highest BCUT2D eigenvalue weighted by atomic mass is 16.5. The fraction of sp³-hybridized carbons (Fsp3) is 0.188. The Morgan fingerprint density at radius 1 is 1.09 bits per heavy atom. The van der Waals surface area contributed by atoms with Gasteiger partial charge in [0.15, 0.2) is 0 Å². The Kier molecular flexibility index (Phi) is 5.14. The quantitative estimate of drug-likeness (QED) is 0.665. The van der Waals surface area contributed by atoms with Crippen LogP contribution in [0.25, 0.3) is 10.9 Å². The van der Waals surface area contributed by atoms with Gasteiger partial charge in [0.1, 0.15) is 5.70 Å². The molecule has 1 aromatic carbocycles. The van der Waals surface area contributed by atoms with E-state index in [9.17, 15) is 9.59 Å². The zero-order chi connectivity index (χ0) is 16.8. The average Bonchev–Trinajstić information content (AvgIpc) is 2.59. The van der Waals surface area contributed by atoms with Crippen molar-refractivity contribution >= 4 is 28.5 Å². The molecule has 120 valence electrons. The van der Waals surface area contributed by atoms with Gasteiger partial charge in [0.2, 0.25) is 5.88 Å². The number of nitrogens with zero attached hydrogens (tertiary/aromatic N) is 1. The van der Waals surface area contributed by atoms with Gasteiger partial charge in [-0.15, -0.1) is 0 Å². The van der Waals surface area contributed by atoms with Crippen LogP contribution in [0, 0.1) is 0 Å². The standard InChI is InChI=1S/C16H16N2O5/c1-21-14-7-4-10-8-11(5-6-12(10)18-14)17-13(16(20)23-3)9-15(19)22-2/h4-9,17H,1-3H3/b13-9+. The van der Waals surface area contributed by atoms with E-state index >= 15 is 0 Å². The van der Waals surface area contributed by atoms with E-state index in [2.05, 4.69) is 19.8 Å². The van der Waals surface area contributed by atoms with Crippen LogP contribution in [0.15, 0.2) is 42.1 Å². The first-order valence-electron chi connectivity index (χ1n) is 6.67. The lowest BCUT2D eigenvalue weighted by molar-refractivity contribution is -0.138. The number of benzene rings is 1. The van der Waals surface area contributed by atoms with Gasteiger partial charge in [-0.3, -0.25) is 0 Å². The number of fused-ring (bicyclic) bond motifs is 1. The number of rotatable bonds is 5. The van der Waals surface area contributed by atoms with Gasteiger partial charge in [-0.2, -0.15) is 0 Å². The summed E-state index contributed by atoms with van der Waals surface area (Å²) in [5.41, 5.74) is 1.32. The van der Waals surface area contributed by atoms with Crippen LogP contribution in [0.2, 0.25) is 0 Å². The highest BCUT2D eigenvalue weighted by Gasteiger charge is 2.13. The van der Waals surface area contributed by atoms with Crippen molar-refractivity contribution in [1.29, 1.82) is 0 Å². The minimum atomic E-state index is -0.677. The zero-order valence-electron chi connectivity index (χ0n) is 13.0. The number of ether oxygens (including phenoxy) is 3. The number of carbonyl (C=O) groups is 2. The van der Waals surface area contributed by atoms with Crippen molar-refractivity contribution in [2.45, 2.75) is 0 Å². The third-order valence-corrected chi connectivity index (χ3v) is 3.02. The number of anilines is 1. The largest absolute Gasteiger partial charge is 0.481 e. The Balaban J connectivity index is 2.32. The van der Waals surface area contributed by atoms with Gasteiger partial charge < -0.3 is 19.5 Å². The van der Waals surface area contributed by atoms with Crippen molar-refractivity contribution < 1.29 is 23.8 Å². The van der Waals surface area contributed by atoms with E-state index in [-0.39, 0.29) is 5.70 Å². The fourth-order valence-electron chi connectivity index (χ4n) is 1.89. The molecule has 0 saturated heterocycles. The van der Waals surface area contributed by atoms with Gasteiger partial charge in [0, 0.05) is 17.1 Å². The monoisotopic (exact) mass is 316 g/mol. The maximum Gasteiger partial charge on any atom is 0.354 e. The number of carbonyl (C=O) groups excluding carboxylic acids is 2. The number of hydrogen-bond acceptors (Lipinski definition) is 7. The molecule has 0 atom stereocenters. The third-order valence-electron chi connectivity index (χ3n) is 3.02. The predicted molar refractivity (Wildman–Crippen MR) is 84.0 cm³/mol. The third kappa shape index (κ3) is 3.97. The molecule has 0 fully saturated rings. The van der Waals surface area contributed by atoms with E-state index in [1.54, 1.807) is 31.4 Å². The van der Waals surface area contributed by atoms with E-state index in [0.717, 1.165) is 17.0 Å². The first kappa shape index (κ1) is 16.3. The molecular weight excluding hydrogens is 300 g/mol. The van der Waals surface area contributed by atoms with Gasteiger partial charge in [-0.05, 0) is 24.3 Å². The SMILES string of the molecule is COC(=O)/C=C(/Nc1ccc2nc(OC)ccc2c1)C(=O)OC. The van der Waals surface area contributed by atoms with Crippen molar-refractivity contribution in [3.63, 3.8) is 0 Å². The number of pyridine rings is 1. The second kappa shape index (κ2) is 7.26. The first-order chi connectivity index (χ1) is 11.1. The maximum absolute atomic E-state index is 11.7. The Bertz CT molecular complexity index is 770. The topological polar surface area (TPSA) is 86.8 Å². The van der Waals surface area contributed by atoms with Gasteiger partial charge in [0.25, 0.3) is 0 Å². The van der Waals surface area contributed by atoms with Crippen molar-refractivity contribution in [2.24, 2.45) is 0 Å². The minimum Gasteiger partial charge on any atom is -0.481 e. The molecular formula is C16H16N2O5. The molecule has 7 heteroatoms. The summed E-state index contributed by atoms with van der Waals surface area (Å²) in [5.74, 6) is -0.826. The first-order valence-corrected chi connectivity index (χ1v) is 6.67. The Labute approximate surface area is 132 Å². The number of aromatic nitrogens is 1. The van der Waals surface area contributed by atoms with E-state index in [1.165, 1.54) is 14.2 Å². The van der Waals surface area contributed by atoms with Crippen LogP contribution in [0.4, 0.5) is 5.69 Å². The van der Waals surface area contributed by atoms with Crippen LogP contribution in [0.5, 0.6) is 5.88 Å². The summed E-state index contributed by atoms with van der Waals surface area (Å²) >= 11 is 0. The second-order valence-electron chi connectivity index (χ2n) is 4.46. The van der Waals surface area contributed by atoms with Crippen molar-refractivity contribution in [1.82, 2.24) is 4.98 Å². The Morgan fingerprint density at radius 2 is 1.87 bits per heavy atom. The Hall–Kier alpha value is -3.09. The molecule has 0 bridgehead atoms. The van der Waals surface area contributed by atoms with Crippen LogP contribution in [0.1, 0.15) is 0 Å². The van der Waals surface area contributed by atoms with Gasteiger partial charge in [-0.25, -0.2) is 14.6 Å². The summed E-state index contributed by atoms with van der Waals surface area (Å²) in [6.07, 6.45) is 1.03. The van der Waals surface area contributed by atoms with Gasteiger partial charge >= 0.3 is 11.9 Å². The summed E-state index contributed by atoms with van der Waals surface area (Å²) in [6, 6.07) is 8.86. The summed E-state index contributed by atoms with van der Waals surface area (Å²) in [7, 11) is 4.00. The summed E-state index contributed by atoms with van der Waals surface area (Å²) in [4.78, 5) is 27.4. The average molecular weight is 316 g/mol. The molecule has 1 N–H and O–H groups in total. The fourth-order valence-corrected chi connectivity index (χ4v) is 1.89.